The molecule has 0 saturated heterocycles. The van der Waals surface area contributed by atoms with Gasteiger partial charge in [-0.3, -0.25) is 9.59 Å². The highest BCUT2D eigenvalue weighted by molar-refractivity contribution is 7.99. The van der Waals surface area contributed by atoms with E-state index in [-0.39, 0.29) is 29.5 Å². The molecule has 9 nitrogen and oxygen atoms in total. The Morgan fingerprint density at radius 1 is 1.22 bits per heavy atom. The van der Waals surface area contributed by atoms with Gasteiger partial charge < -0.3 is 19.9 Å². The lowest BCUT2D eigenvalue weighted by molar-refractivity contribution is -0.113. The fraction of sp³-hybridized carbons (Fsp3) is 0.381. The number of carbonyl (C=O) groups is 2. The zero-order valence-electron chi connectivity index (χ0n) is 18.6. The van der Waals surface area contributed by atoms with Gasteiger partial charge in [0.15, 0.2) is 16.1 Å². The summed E-state index contributed by atoms with van der Waals surface area (Å²) in [4.78, 5) is 29.2. The van der Waals surface area contributed by atoms with Crippen molar-refractivity contribution in [3.05, 3.63) is 46.7 Å². The highest BCUT2D eigenvalue weighted by atomic mass is 32.2. The van der Waals surface area contributed by atoms with Gasteiger partial charge in [0.25, 0.3) is 5.91 Å². The molecular formula is C21H26N6O3S2. The van der Waals surface area contributed by atoms with Crippen molar-refractivity contribution in [1.29, 1.82) is 0 Å². The Morgan fingerprint density at radius 3 is 2.53 bits per heavy atom. The summed E-state index contributed by atoms with van der Waals surface area (Å²) in [5.41, 5.74) is 1.40. The van der Waals surface area contributed by atoms with Gasteiger partial charge in [0, 0.05) is 18.0 Å². The van der Waals surface area contributed by atoms with E-state index in [1.165, 1.54) is 23.1 Å². The first-order valence-electron chi connectivity index (χ1n) is 9.97. The quantitative estimate of drug-likeness (QED) is 0.457. The molecule has 11 heteroatoms. The van der Waals surface area contributed by atoms with Gasteiger partial charge >= 0.3 is 0 Å². The Kier molecular flexibility index (Phi) is 7.86. The van der Waals surface area contributed by atoms with Gasteiger partial charge in [0.2, 0.25) is 5.91 Å². The number of thioether (sulfide) groups is 1. The summed E-state index contributed by atoms with van der Waals surface area (Å²) in [5, 5.41) is 17.4. The first kappa shape index (κ1) is 23.7. The lowest BCUT2D eigenvalue weighted by atomic mass is 10.0. The molecule has 0 spiro atoms. The highest BCUT2D eigenvalue weighted by Gasteiger charge is 2.25. The molecular weight excluding hydrogens is 448 g/mol. The van der Waals surface area contributed by atoms with E-state index in [0.717, 1.165) is 5.69 Å². The highest BCUT2D eigenvalue weighted by Crippen LogP contribution is 2.25. The number of methoxy groups -OCH3 is 1. The number of thiazole rings is 1. The van der Waals surface area contributed by atoms with E-state index in [2.05, 4.69) is 25.8 Å². The summed E-state index contributed by atoms with van der Waals surface area (Å²) in [5.74, 6) is 1.19. The summed E-state index contributed by atoms with van der Waals surface area (Å²) in [7, 11) is 3.41. The van der Waals surface area contributed by atoms with Crippen LogP contribution in [0, 0.1) is 12.8 Å². The average molecular weight is 475 g/mol. The topological polar surface area (TPSA) is 111 Å². The number of nitrogens with zero attached hydrogens (tertiary/aromatic N) is 4. The first-order valence-corrected chi connectivity index (χ1v) is 11.8. The maximum Gasteiger partial charge on any atom is 0.251 e. The van der Waals surface area contributed by atoms with Gasteiger partial charge in [-0.15, -0.1) is 21.5 Å². The van der Waals surface area contributed by atoms with E-state index in [9.17, 15) is 9.59 Å². The van der Waals surface area contributed by atoms with E-state index in [1.54, 1.807) is 31.4 Å². The molecule has 2 aromatic heterocycles. The van der Waals surface area contributed by atoms with Gasteiger partial charge in [-0.2, -0.15) is 0 Å². The molecule has 0 aliphatic carbocycles. The van der Waals surface area contributed by atoms with Crippen molar-refractivity contribution < 1.29 is 14.3 Å². The Hall–Kier alpha value is -2.92. The summed E-state index contributed by atoms with van der Waals surface area (Å²) >= 11 is 2.67. The molecule has 170 valence electrons. The number of hydrogen-bond acceptors (Lipinski definition) is 8. The molecule has 2 N–H and O–H groups in total. The second-order valence-electron chi connectivity index (χ2n) is 7.45. The molecule has 0 bridgehead atoms. The summed E-state index contributed by atoms with van der Waals surface area (Å²) < 4.78 is 6.95. The predicted molar refractivity (Wildman–Crippen MR) is 125 cm³/mol. The number of ether oxygens (including phenoxy) is 1. The van der Waals surface area contributed by atoms with E-state index < -0.39 is 0 Å². The van der Waals surface area contributed by atoms with Crippen LogP contribution in [0.4, 0.5) is 5.13 Å². The van der Waals surface area contributed by atoms with Crippen molar-refractivity contribution in [1.82, 2.24) is 25.1 Å². The van der Waals surface area contributed by atoms with Crippen LogP contribution in [0.3, 0.4) is 0 Å². The van der Waals surface area contributed by atoms with Crippen molar-refractivity contribution in [3.63, 3.8) is 0 Å². The van der Waals surface area contributed by atoms with Crippen LogP contribution in [0.5, 0.6) is 5.75 Å². The van der Waals surface area contributed by atoms with E-state index in [1.807, 2.05) is 37.8 Å². The van der Waals surface area contributed by atoms with Crippen LogP contribution >= 0.6 is 23.1 Å². The van der Waals surface area contributed by atoms with Gasteiger partial charge in [-0.25, -0.2) is 4.98 Å². The minimum absolute atomic E-state index is 0.0781. The molecule has 0 radical (unpaired) electrons. The summed E-state index contributed by atoms with van der Waals surface area (Å²) in [6.45, 7) is 5.88. The van der Waals surface area contributed by atoms with E-state index in [0.29, 0.717) is 27.4 Å². The van der Waals surface area contributed by atoms with Crippen LogP contribution in [0.2, 0.25) is 0 Å². The number of carbonyl (C=O) groups excluding carboxylic acids is 2. The fourth-order valence-corrected chi connectivity index (χ4v) is 4.34. The molecule has 2 heterocycles. The Bertz CT molecular complexity index is 1080. The third kappa shape index (κ3) is 5.86. The van der Waals surface area contributed by atoms with Crippen LogP contribution in [0.15, 0.2) is 34.8 Å². The molecule has 32 heavy (non-hydrogen) atoms. The van der Waals surface area contributed by atoms with Crippen LogP contribution in [-0.2, 0) is 11.8 Å². The minimum Gasteiger partial charge on any atom is -0.497 e. The number of hydrogen-bond donors (Lipinski definition) is 2. The molecule has 0 fully saturated rings. The van der Waals surface area contributed by atoms with Crippen molar-refractivity contribution in [2.75, 3.05) is 18.2 Å². The smallest absolute Gasteiger partial charge is 0.251 e. The van der Waals surface area contributed by atoms with Crippen molar-refractivity contribution >= 4 is 40.0 Å². The zero-order chi connectivity index (χ0) is 23.3. The van der Waals surface area contributed by atoms with E-state index in [4.69, 9.17) is 4.74 Å². The second kappa shape index (κ2) is 10.6. The maximum absolute atomic E-state index is 12.8. The van der Waals surface area contributed by atoms with Crippen LogP contribution in [0.1, 0.15) is 41.8 Å². The van der Waals surface area contributed by atoms with Gasteiger partial charge in [-0.05, 0) is 37.1 Å². The van der Waals surface area contributed by atoms with E-state index >= 15 is 0 Å². The molecule has 3 rings (SSSR count). The first-order chi connectivity index (χ1) is 15.3. The number of rotatable bonds is 9. The zero-order valence-corrected chi connectivity index (χ0v) is 20.2. The summed E-state index contributed by atoms with van der Waals surface area (Å²) in [6.07, 6.45) is 0. The van der Waals surface area contributed by atoms with Crippen LogP contribution in [0.25, 0.3) is 0 Å². The molecule has 0 aliphatic heterocycles. The van der Waals surface area contributed by atoms with Crippen LogP contribution < -0.4 is 15.4 Å². The normalized spacial score (nSPS) is 11.9. The predicted octanol–water partition coefficient (Wildman–Crippen LogP) is 3.45. The monoisotopic (exact) mass is 474 g/mol. The van der Waals surface area contributed by atoms with Gasteiger partial charge in [0.1, 0.15) is 5.75 Å². The molecule has 0 unspecified atom stereocenters. The number of amides is 2. The average Bonchev–Trinajstić information content (AvgIpc) is 3.35. The second-order valence-corrected chi connectivity index (χ2v) is 9.25. The molecule has 0 aliphatic rings. The maximum atomic E-state index is 12.8. The van der Waals surface area contributed by atoms with Gasteiger partial charge in [0.05, 0.1) is 24.6 Å². The SMILES string of the molecule is COc1ccc(C(=O)N[C@@H](c2nnc(SCC(=O)Nc3nc(C)cs3)n2C)C(C)C)cc1. The Labute approximate surface area is 195 Å². The number of aromatic nitrogens is 4. The number of benzene rings is 1. The van der Waals surface area contributed by atoms with Crippen LogP contribution in [-0.4, -0.2) is 44.4 Å². The lowest BCUT2D eigenvalue weighted by Crippen LogP contribution is -2.33. The van der Waals surface area contributed by atoms with Gasteiger partial charge in [-0.1, -0.05) is 25.6 Å². The third-order valence-corrected chi connectivity index (χ3v) is 6.55. The number of aryl methyl sites for hydroxylation is 1. The molecule has 3 aromatic rings. The van der Waals surface area contributed by atoms with Crippen molar-refractivity contribution in [2.45, 2.75) is 32.0 Å². The van der Waals surface area contributed by atoms with Crippen molar-refractivity contribution in [3.8, 4) is 5.75 Å². The largest absolute Gasteiger partial charge is 0.497 e. The number of anilines is 1. The Morgan fingerprint density at radius 2 is 1.94 bits per heavy atom. The molecule has 0 saturated carbocycles. The molecule has 1 aromatic carbocycles. The molecule has 1 atom stereocenters. The molecule has 2 amide bonds. The Balaban J connectivity index is 1.65. The fourth-order valence-electron chi connectivity index (χ4n) is 2.92. The lowest BCUT2D eigenvalue weighted by Gasteiger charge is -2.21. The van der Waals surface area contributed by atoms with Crippen molar-refractivity contribution in [2.24, 2.45) is 13.0 Å². The number of nitrogens with one attached hydrogen (secondary N) is 2. The standard InChI is InChI=1S/C21H26N6O3S2/c1-12(2)17(24-19(29)14-6-8-15(30-5)9-7-14)18-25-26-21(27(18)4)32-11-16(28)23-20-22-13(3)10-31-20/h6-10,12,17H,11H2,1-5H3,(H,24,29)(H,22,23,28)/t17-/m1/s1. The minimum atomic E-state index is -0.344. The summed E-state index contributed by atoms with van der Waals surface area (Å²) in [6, 6.07) is 6.57. The third-order valence-electron chi connectivity index (χ3n) is 4.65.